The van der Waals surface area contributed by atoms with Gasteiger partial charge in [-0.05, 0) is 50.6 Å². The largest absolute Gasteiger partial charge is 0.296 e. The first-order chi connectivity index (χ1) is 10.4. The minimum atomic E-state index is 0.546. The average Bonchev–Trinajstić information content (AvgIpc) is 2.97. The van der Waals surface area contributed by atoms with Crippen LogP contribution in [0, 0.1) is 0 Å². The number of hydrogen-bond acceptors (Lipinski definition) is 3. The van der Waals surface area contributed by atoms with Gasteiger partial charge in [0.05, 0.1) is 0 Å². The van der Waals surface area contributed by atoms with Gasteiger partial charge in [-0.25, -0.2) is 4.98 Å². The molecule has 21 heavy (non-hydrogen) atoms. The first kappa shape index (κ1) is 14.6. The molecule has 0 N–H and O–H groups in total. The second kappa shape index (κ2) is 7.10. The van der Waals surface area contributed by atoms with E-state index in [2.05, 4.69) is 59.3 Å². The summed E-state index contributed by atoms with van der Waals surface area (Å²) in [6, 6.07) is 15.4. The van der Waals surface area contributed by atoms with E-state index >= 15 is 0 Å². The van der Waals surface area contributed by atoms with Crippen molar-refractivity contribution in [3.63, 3.8) is 0 Å². The summed E-state index contributed by atoms with van der Waals surface area (Å²) in [7, 11) is 0. The van der Waals surface area contributed by atoms with Gasteiger partial charge in [-0.1, -0.05) is 43.0 Å². The van der Waals surface area contributed by atoms with Gasteiger partial charge < -0.3 is 0 Å². The molecule has 0 radical (unpaired) electrons. The highest BCUT2D eigenvalue weighted by molar-refractivity contribution is 7.99. The van der Waals surface area contributed by atoms with Crippen LogP contribution in [0.4, 0.5) is 0 Å². The van der Waals surface area contributed by atoms with Crippen LogP contribution in [0.25, 0.3) is 0 Å². The monoisotopic (exact) mass is 298 g/mol. The quantitative estimate of drug-likeness (QED) is 0.790. The van der Waals surface area contributed by atoms with Gasteiger partial charge in [0.15, 0.2) is 0 Å². The van der Waals surface area contributed by atoms with E-state index in [4.69, 9.17) is 0 Å². The molecule has 1 fully saturated rings. The zero-order valence-corrected chi connectivity index (χ0v) is 13.4. The van der Waals surface area contributed by atoms with E-state index in [-0.39, 0.29) is 0 Å². The smallest absolute Gasteiger partial charge is 0.105 e. The van der Waals surface area contributed by atoms with Gasteiger partial charge in [-0.15, -0.1) is 0 Å². The molecule has 1 aromatic heterocycles. The SMILES string of the molecule is CCCN1CCC[C@@H]1c1cccnc1Sc1ccccc1. The summed E-state index contributed by atoms with van der Waals surface area (Å²) in [5.41, 5.74) is 1.40. The number of aromatic nitrogens is 1. The van der Waals surface area contributed by atoms with Crippen LogP contribution in [-0.4, -0.2) is 23.0 Å². The van der Waals surface area contributed by atoms with Crippen LogP contribution in [0.2, 0.25) is 0 Å². The Morgan fingerprint density at radius 3 is 2.86 bits per heavy atom. The van der Waals surface area contributed by atoms with Crippen molar-refractivity contribution in [2.75, 3.05) is 13.1 Å². The highest BCUT2D eigenvalue weighted by atomic mass is 32.2. The predicted octanol–water partition coefficient (Wildman–Crippen LogP) is 4.78. The molecular weight excluding hydrogens is 276 g/mol. The zero-order valence-electron chi connectivity index (χ0n) is 12.5. The molecule has 0 bridgehead atoms. The van der Waals surface area contributed by atoms with Crippen LogP contribution >= 0.6 is 11.8 Å². The van der Waals surface area contributed by atoms with E-state index in [0.29, 0.717) is 6.04 Å². The summed E-state index contributed by atoms with van der Waals surface area (Å²) in [6.07, 6.45) is 5.69. The Bertz CT molecular complexity index is 570. The predicted molar refractivity (Wildman–Crippen MR) is 88.6 cm³/mol. The van der Waals surface area contributed by atoms with Gasteiger partial charge in [-0.3, -0.25) is 4.90 Å². The molecule has 1 atom stereocenters. The third-order valence-electron chi connectivity index (χ3n) is 3.99. The molecule has 3 heteroatoms. The lowest BCUT2D eigenvalue weighted by Crippen LogP contribution is -2.24. The molecule has 3 rings (SSSR count). The van der Waals surface area contributed by atoms with Crippen molar-refractivity contribution in [3.8, 4) is 0 Å². The Morgan fingerprint density at radius 1 is 1.19 bits per heavy atom. The minimum Gasteiger partial charge on any atom is -0.296 e. The van der Waals surface area contributed by atoms with Crippen molar-refractivity contribution in [3.05, 3.63) is 54.2 Å². The molecule has 0 saturated carbocycles. The lowest BCUT2D eigenvalue weighted by Gasteiger charge is -2.25. The highest BCUT2D eigenvalue weighted by Gasteiger charge is 2.27. The van der Waals surface area contributed by atoms with E-state index in [1.807, 2.05) is 6.20 Å². The van der Waals surface area contributed by atoms with Crippen molar-refractivity contribution in [2.24, 2.45) is 0 Å². The molecule has 110 valence electrons. The topological polar surface area (TPSA) is 16.1 Å². The number of benzene rings is 1. The normalized spacial score (nSPS) is 19.0. The molecule has 2 nitrogen and oxygen atoms in total. The second-order valence-electron chi connectivity index (χ2n) is 5.51. The van der Waals surface area contributed by atoms with E-state index in [1.54, 1.807) is 11.8 Å². The molecule has 1 aliphatic rings. The molecule has 1 aromatic carbocycles. The number of nitrogens with zero attached hydrogens (tertiary/aromatic N) is 2. The molecule has 0 unspecified atom stereocenters. The van der Waals surface area contributed by atoms with Crippen LogP contribution < -0.4 is 0 Å². The number of pyridine rings is 1. The molecule has 0 aliphatic carbocycles. The third kappa shape index (κ3) is 3.47. The van der Waals surface area contributed by atoms with Gasteiger partial charge in [-0.2, -0.15) is 0 Å². The molecule has 0 spiro atoms. The standard InChI is InChI=1S/C18H22N2S/c1-2-13-20-14-7-11-17(20)16-10-6-12-19-18(16)21-15-8-4-3-5-9-15/h3-6,8-10,12,17H,2,7,11,13-14H2,1H3/t17-/m1/s1. The molecule has 2 aromatic rings. The fraction of sp³-hybridized carbons (Fsp3) is 0.389. The van der Waals surface area contributed by atoms with Gasteiger partial charge in [0.2, 0.25) is 0 Å². The summed E-state index contributed by atoms with van der Waals surface area (Å²) in [6.45, 7) is 4.68. The molecular formula is C18H22N2S. The third-order valence-corrected chi connectivity index (χ3v) is 5.03. The maximum absolute atomic E-state index is 4.65. The minimum absolute atomic E-state index is 0.546. The van der Waals surface area contributed by atoms with E-state index in [0.717, 1.165) is 5.03 Å². The Balaban J connectivity index is 1.85. The van der Waals surface area contributed by atoms with Crippen molar-refractivity contribution < 1.29 is 0 Å². The van der Waals surface area contributed by atoms with Crippen LogP contribution in [-0.2, 0) is 0 Å². The summed E-state index contributed by atoms with van der Waals surface area (Å²) in [4.78, 5) is 8.53. The number of likely N-dealkylation sites (tertiary alicyclic amines) is 1. The van der Waals surface area contributed by atoms with Crippen LogP contribution in [0.15, 0.2) is 58.6 Å². The maximum Gasteiger partial charge on any atom is 0.105 e. The molecule has 1 saturated heterocycles. The summed E-state index contributed by atoms with van der Waals surface area (Å²) in [5, 5.41) is 1.16. The van der Waals surface area contributed by atoms with E-state index in [1.165, 1.54) is 42.8 Å². The van der Waals surface area contributed by atoms with Crippen molar-refractivity contribution in [2.45, 2.75) is 42.1 Å². The van der Waals surface area contributed by atoms with Gasteiger partial charge >= 0.3 is 0 Å². The Morgan fingerprint density at radius 2 is 2.05 bits per heavy atom. The van der Waals surface area contributed by atoms with Crippen molar-refractivity contribution in [1.82, 2.24) is 9.88 Å². The van der Waals surface area contributed by atoms with Gasteiger partial charge in [0.25, 0.3) is 0 Å². The van der Waals surface area contributed by atoms with Gasteiger partial charge in [0, 0.05) is 22.7 Å². The van der Waals surface area contributed by atoms with Gasteiger partial charge in [0.1, 0.15) is 5.03 Å². The fourth-order valence-corrected chi connectivity index (χ4v) is 4.03. The van der Waals surface area contributed by atoms with E-state index < -0.39 is 0 Å². The average molecular weight is 298 g/mol. The maximum atomic E-state index is 4.65. The number of rotatable bonds is 5. The summed E-state index contributed by atoms with van der Waals surface area (Å²) >= 11 is 1.78. The van der Waals surface area contributed by atoms with E-state index in [9.17, 15) is 0 Å². The Hall–Kier alpha value is -1.32. The lowest BCUT2D eigenvalue weighted by molar-refractivity contribution is 0.254. The number of hydrogen-bond donors (Lipinski definition) is 0. The molecule has 0 amide bonds. The van der Waals surface area contributed by atoms with Crippen LogP contribution in [0.3, 0.4) is 0 Å². The van der Waals surface area contributed by atoms with Crippen LogP contribution in [0.1, 0.15) is 37.8 Å². The van der Waals surface area contributed by atoms with Crippen molar-refractivity contribution >= 4 is 11.8 Å². The highest BCUT2D eigenvalue weighted by Crippen LogP contribution is 2.38. The summed E-state index contributed by atoms with van der Waals surface area (Å²) in [5.74, 6) is 0. The first-order valence-corrected chi connectivity index (χ1v) is 8.62. The first-order valence-electron chi connectivity index (χ1n) is 7.80. The lowest BCUT2D eigenvalue weighted by atomic mass is 10.1. The fourth-order valence-electron chi connectivity index (χ4n) is 3.08. The molecule has 1 aliphatic heterocycles. The van der Waals surface area contributed by atoms with Crippen molar-refractivity contribution in [1.29, 1.82) is 0 Å². The summed E-state index contributed by atoms with van der Waals surface area (Å²) < 4.78 is 0. The molecule has 2 heterocycles. The Labute approximate surface area is 131 Å². The second-order valence-corrected chi connectivity index (χ2v) is 6.57. The zero-order chi connectivity index (χ0) is 14.5. The van der Waals surface area contributed by atoms with Crippen LogP contribution in [0.5, 0.6) is 0 Å². The Kier molecular flexibility index (Phi) is 4.94.